The average molecular weight is 334 g/mol. The Morgan fingerprint density at radius 3 is 2.42 bits per heavy atom. The van der Waals surface area contributed by atoms with Gasteiger partial charge in [-0.1, -0.05) is 19.3 Å². The summed E-state index contributed by atoms with van der Waals surface area (Å²) in [6.07, 6.45) is 4.86. The summed E-state index contributed by atoms with van der Waals surface area (Å²) >= 11 is 3.13. The number of rotatable bonds is 3. The van der Waals surface area contributed by atoms with Gasteiger partial charge in [-0.15, -0.1) is 0 Å². The van der Waals surface area contributed by atoms with Crippen LogP contribution in [0.15, 0.2) is 10.5 Å². The summed E-state index contributed by atoms with van der Waals surface area (Å²) in [6.45, 7) is 0.366. The van der Waals surface area contributed by atoms with Crippen LogP contribution in [0, 0.1) is 11.6 Å². The first kappa shape index (κ1) is 14.7. The van der Waals surface area contributed by atoms with Crippen molar-refractivity contribution in [2.24, 2.45) is 5.73 Å². The van der Waals surface area contributed by atoms with Crippen molar-refractivity contribution < 1.29 is 13.5 Å². The highest BCUT2D eigenvalue weighted by molar-refractivity contribution is 9.10. The quantitative estimate of drug-likeness (QED) is 0.851. The van der Waals surface area contributed by atoms with Crippen LogP contribution in [0.1, 0.15) is 37.7 Å². The average Bonchev–Trinajstić information content (AvgIpc) is 2.44. The molecule has 0 amide bonds. The molecule has 0 radical (unpaired) electrons. The van der Waals surface area contributed by atoms with Crippen molar-refractivity contribution in [1.82, 2.24) is 0 Å². The van der Waals surface area contributed by atoms with Gasteiger partial charge in [-0.05, 0) is 34.8 Å². The lowest BCUT2D eigenvalue weighted by Crippen LogP contribution is -2.38. The van der Waals surface area contributed by atoms with Crippen LogP contribution in [0.5, 0.6) is 5.75 Å². The number of ether oxygens (including phenoxy) is 1. The molecule has 2 rings (SSSR count). The second-order valence-corrected chi connectivity index (χ2v) is 5.97. The van der Waals surface area contributed by atoms with Crippen molar-refractivity contribution in [2.45, 2.75) is 37.5 Å². The smallest absolute Gasteiger partial charge is 0.191 e. The Kier molecular flexibility index (Phi) is 4.46. The summed E-state index contributed by atoms with van der Waals surface area (Å²) in [5.41, 5.74) is 5.98. The van der Waals surface area contributed by atoms with Crippen molar-refractivity contribution in [3.63, 3.8) is 0 Å². The number of benzene rings is 1. The normalized spacial score (nSPS) is 18.4. The van der Waals surface area contributed by atoms with E-state index in [0.717, 1.165) is 32.1 Å². The van der Waals surface area contributed by atoms with Crippen molar-refractivity contribution >= 4 is 15.9 Å². The van der Waals surface area contributed by atoms with Gasteiger partial charge in [0, 0.05) is 17.5 Å². The number of nitrogens with two attached hydrogens (primary N) is 1. The Bertz CT molecular complexity index is 473. The van der Waals surface area contributed by atoms with Gasteiger partial charge in [0.05, 0.1) is 11.6 Å². The number of methoxy groups -OCH3 is 1. The molecule has 0 atom stereocenters. The summed E-state index contributed by atoms with van der Waals surface area (Å²) in [6, 6.07) is 1.52. The van der Waals surface area contributed by atoms with Crippen molar-refractivity contribution in [3.05, 3.63) is 27.7 Å². The van der Waals surface area contributed by atoms with Gasteiger partial charge in [0.25, 0.3) is 0 Å². The standard InChI is InChI=1S/C14H18BrF2NO/c1-19-13-11(16)9(7-10(15)12(13)17)14(8-18)5-3-2-4-6-14/h7H,2-6,8,18H2,1H3. The van der Waals surface area contributed by atoms with Gasteiger partial charge in [0.15, 0.2) is 17.4 Å². The highest BCUT2D eigenvalue weighted by atomic mass is 79.9. The molecule has 2 N–H and O–H groups in total. The molecular weight excluding hydrogens is 316 g/mol. The fraction of sp³-hybridized carbons (Fsp3) is 0.571. The minimum absolute atomic E-state index is 0.221. The molecule has 1 fully saturated rings. The molecule has 0 aliphatic heterocycles. The molecule has 1 saturated carbocycles. The zero-order valence-electron chi connectivity index (χ0n) is 10.9. The van der Waals surface area contributed by atoms with Gasteiger partial charge in [-0.2, -0.15) is 0 Å². The van der Waals surface area contributed by atoms with E-state index in [4.69, 9.17) is 10.5 Å². The van der Waals surface area contributed by atoms with Crippen molar-refractivity contribution in [3.8, 4) is 5.75 Å². The second kappa shape index (κ2) is 5.75. The maximum atomic E-state index is 14.5. The molecule has 1 aliphatic carbocycles. The molecule has 1 aromatic rings. The molecule has 0 saturated heterocycles. The first-order valence-electron chi connectivity index (χ1n) is 6.48. The van der Waals surface area contributed by atoms with Gasteiger partial charge in [-0.3, -0.25) is 0 Å². The summed E-state index contributed by atoms with van der Waals surface area (Å²) in [5.74, 6) is -1.65. The third-order valence-corrected chi connectivity index (χ3v) is 4.67. The Balaban J connectivity index is 2.57. The van der Waals surface area contributed by atoms with Crippen LogP contribution in [0.4, 0.5) is 8.78 Å². The van der Waals surface area contributed by atoms with Crippen LogP contribution in [0.3, 0.4) is 0 Å². The Labute approximate surface area is 120 Å². The first-order valence-corrected chi connectivity index (χ1v) is 7.27. The van der Waals surface area contributed by atoms with Crippen molar-refractivity contribution in [2.75, 3.05) is 13.7 Å². The molecule has 0 spiro atoms. The molecule has 1 aromatic carbocycles. The van der Waals surface area contributed by atoms with E-state index in [1.807, 2.05) is 0 Å². The first-order chi connectivity index (χ1) is 9.05. The van der Waals surface area contributed by atoms with Crippen LogP contribution < -0.4 is 10.5 Å². The zero-order valence-corrected chi connectivity index (χ0v) is 12.5. The number of hydrogen-bond donors (Lipinski definition) is 1. The molecule has 0 heterocycles. The Hall–Kier alpha value is -0.680. The molecule has 19 heavy (non-hydrogen) atoms. The Morgan fingerprint density at radius 1 is 1.26 bits per heavy atom. The lowest BCUT2D eigenvalue weighted by molar-refractivity contribution is 0.283. The zero-order chi connectivity index (χ0) is 14.0. The SMILES string of the molecule is COc1c(F)c(Br)cc(C2(CN)CCCCC2)c1F. The van der Waals surface area contributed by atoms with Gasteiger partial charge >= 0.3 is 0 Å². The van der Waals surface area contributed by atoms with Gasteiger partial charge in [-0.25, -0.2) is 8.78 Å². The molecule has 0 unspecified atom stereocenters. The topological polar surface area (TPSA) is 35.2 Å². The van der Waals surface area contributed by atoms with Gasteiger partial charge in [0.1, 0.15) is 0 Å². The van der Waals surface area contributed by atoms with E-state index >= 15 is 0 Å². The lowest BCUT2D eigenvalue weighted by atomic mass is 9.69. The van der Waals surface area contributed by atoms with E-state index in [0.29, 0.717) is 12.1 Å². The lowest BCUT2D eigenvalue weighted by Gasteiger charge is -2.37. The van der Waals surface area contributed by atoms with E-state index in [1.54, 1.807) is 0 Å². The van der Waals surface area contributed by atoms with E-state index in [-0.39, 0.29) is 10.2 Å². The number of hydrogen-bond acceptors (Lipinski definition) is 2. The largest absolute Gasteiger partial charge is 0.491 e. The summed E-state index contributed by atoms with van der Waals surface area (Å²) in [5, 5.41) is 0. The van der Waals surface area contributed by atoms with Crippen LogP contribution in [-0.4, -0.2) is 13.7 Å². The van der Waals surface area contributed by atoms with Crippen LogP contribution in [0.2, 0.25) is 0 Å². The van der Waals surface area contributed by atoms with E-state index < -0.39 is 17.0 Å². The molecule has 106 valence electrons. The molecule has 0 aromatic heterocycles. The molecule has 5 heteroatoms. The summed E-state index contributed by atoms with van der Waals surface area (Å²) < 4.78 is 33.4. The molecule has 2 nitrogen and oxygen atoms in total. The fourth-order valence-corrected chi connectivity index (χ4v) is 3.37. The highest BCUT2D eigenvalue weighted by Gasteiger charge is 2.37. The molecular formula is C14H18BrF2NO. The summed E-state index contributed by atoms with van der Waals surface area (Å²) in [7, 11) is 1.27. The fourth-order valence-electron chi connectivity index (χ4n) is 2.96. The summed E-state index contributed by atoms with van der Waals surface area (Å²) in [4.78, 5) is 0. The number of halogens is 3. The minimum Gasteiger partial charge on any atom is -0.491 e. The predicted molar refractivity (Wildman–Crippen MR) is 74.4 cm³/mol. The van der Waals surface area contributed by atoms with E-state index in [9.17, 15) is 8.78 Å². The predicted octanol–water partition coefficient (Wildman–Crippen LogP) is 3.90. The monoisotopic (exact) mass is 333 g/mol. The van der Waals surface area contributed by atoms with Gasteiger partial charge in [0.2, 0.25) is 0 Å². The van der Waals surface area contributed by atoms with Crippen LogP contribution in [-0.2, 0) is 5.41 Å². The Morgan fingerprint density at radius 2 is 1.89 bits per heavy atom. The van der Waals surface area contributed by atoms with Crippen LogP contribution >= 0.6 is 15.9 Å². The minimum atomic E-state index is -0.702. The third-order valence-electron chi connectivity index (χ3n) is 4.09. The van der Waals surface area contributed by atoms with Gasteiger partial charge < -0.3 is 10.5 Å². The highest BCUT2D eigenvalue weighted by Crippen LogP contribution is 2.43. The molecule has 0 bridgehead atoms. The van der Waals surface area contributed by atoms with E-state index in [2.05, 4.69) is 15.9 Å². The second-order valence-electron chi connectivity index (χ2n) is 5.11. The maximum Gasteiger partial charge on any atom is 0.191 e. The van der Waals surface area contributed by atoms with Crippen molar-refractivity contribution in [1.29, 1.82) is 0 Å². The maximum absolute atomic E-state index is 14.5. The van der Waals surface area contributed by atoms with E-state index in [1.165, 1.54) is 13.2 Å². The van der Waals surface area contributed by atoms with Crippen LogP contribution in [0.25, 0.3) is 0 Å². The third kappa shape index (κ3) is 2.50. The molecule has 1 aliphatic rings.